The molecule has 0 aromatic carbocycles. The second-order valence-electron chi connectivity index (χ2n) is 5.29. The molecule has 0 saturated carbocycles. The first-order chi connectivity index (χ1) is 7.59. The lowest BCUT2D eigenvalue weighted by atomic mass is 9.92. The van der Waals surface area contributed by atoms with Crippen LogP contribution in [0.25, 0.3) is 0 Å². The van der Waals surface area contributed by atoms with Crippen molar-refractivity contribution in [2.45, 2.75) is 58.2 Å². The summed E-state index contributed by atoms with van der Waals surface area (Å²) in [4.78, 5) is 0. The fourth-order valence-corrected chi connectivity index (χ4v) is 3.16. The monoisotopic (exact) mass is 340 g/mol. The van der Waals surface area contributed by atoms with Crippen molar-refractivity contribution in [3.05, 3.63) is 0 Å². The van der Waals surface area contributed by atoms with E-state index in [2.05, 4.69) is 43.4 Å². The predicted molar refractivity (Wildman–Crippen MR) is 76.3 cm³/mol. The van der Waals surface area contributed by atoms with Gasteiger partial charge in [-0.05, 0) is 43.5 Å². The maximum atomic E-state index is 6.07. The molecule has 0 N–H and O–H groups in total. The molecule has 2 nitrogen and oxygen atoms in total. The van der Waals surface area contributed by atoms with Crippen LogP contribution in [0.2, 0.25) is 0 Å². The maximum Gasteiger partial charge on any atom is 0.0845 e. The third-order valence-electron chi connectivity index (χ3n) is 3.15. The van der Waals surface area contributed by atoms with Gasteiger partial charge >= 0.3 is 0 Å². The minimum Gasteiger partial charge on any atom is -0.379 e. The summed E-state index contributed by atoms with van der Waals surface area (Å²) in [6.45, 7) is 8.24. The van der Waals surface area contributed by atoms with Crippen molar-refractivity contribution >= 4 is 22.6 Å². The minimum atomic E-state index is 0.0509. The molecule has 1 heterocycles. The molecule has 0 aromatic heterocycles. The lowest BCUT2D eigenvalue weighted by Gasteiger charge is -2.20. The van der Waals surface area contributed by atoms with Gasteiger partial charge in [-0.25, -0.2) is 0 Å². The van der Waals surface area contributed by atoms with E-state index in [1.54, 1.807) is 0 Å². The van der Waals surface area contributed by atoms with E-state index in [4.69, 9.17) is 9.47 Å². The van der Waals surface area contributed by atoms with Crippen LogP contribution in [0.15, 0.2) is 0 Å². The Labute approximate surface area is 114 Å². The van der Waals surface area contributed by atoms with Gasteiger partial charge in [0.25, 0.3) is 0 Å². The van der Waals surface area contributed by atoms with E-state index in [9.17, 15) is 0 Å². The Morgan fingerprint density at radius 3 is 2.81 bits per heavy atom. The Bertz CT molecular complexity index is 194. The van der Waals surface area contributed by atoms with E-state index in [-0.39, 0.29) is 5.60 Å². The molecule has 96 valence electrons. The summed E-state index contributed by atoms with van der Waals surface area (Å²) in [5, 5.41) is 0. The smallest absolute Gasteiger partial charge is 0.0845 e. The molecule has 1 aliphatic heterocycles. The van der Waals surface area contributed by atoms with Crippen molar-refractivity contribution in [3.63, 3.8) is 0 Å². The van der Waals surface area contributed by atoms with Gasteiger partial charge in [0.2, 0.25) is 0 Å². The van der Waals surface area contributed by atoms with Crippen LogP contribution < -0.4 is 0 Å². The fourth-order valence-electron chi connectivity index (χ4n) is 2.36. The summed E-state index contributed by atoms with van der Waals surface area (Å²) in [5.74, 6) is 0.688. The Kier molecular flexibility index (Phi) is 6.59. The molecule has 1 aliphatic rings. The molecule has 0 aromatic rings. The third kappa shape index (κ3) is 4.88. The van der Waals surface area contributed by atoms with Crippen molar-refractivity contribution in [1.29, 1.82) is 0 Å². The third-order valence-corrected chi connectivity index (χ3v) is 3.78. The van der Waals surface area contributed by atoms with Crippen molar-refractivity contribution in [3.8, 4) is 0 Å². The van der Waals surface area contributed by atoms with Gasteiger partial charge in [-0.2, -0.15) is 0 Å². The lowest BCUT2D eigenvalue weighted by Crippen LogP contribution is -2.25. The van der Waals surface area contributed by atoms with Crippen molar-refractivity contribution in [2.75, 3.05) is 17.6 Å². The molecule has 1 unspecified atom stereocenters. The number of hydrogen-bond donors (Lipinski definition) is 0. The van der Waals surface area contributed by atoms with E-state index >= 15 is 0 Å². The normalized spacial score (nSPS) is 28.5. The van der Waals surface area contributed by atoms with E-state index in [1.165, 1.54) is 23.7 Å². The zero-order valence-corrected chi connectivity index (χ0v) is 13.0. The minimum absolute atomic E-state index is 0.0509. The first kappa shape index (κ1) is 14.7. The van der Waals surface area contributed by atoms with Crippen LogP contribution >= 0.6 is 22.6 Å². The van der Waals surface area contributed by atoms with Gasteiger partial charge in [0.15, 0.2) is 0 Å². The van der Waals surface area contributed by atoms with Gasteiger partial charge in [0.1, 0.15) is 0 Å². The quantitative estimate of drug-likeness (QED) is 0.399. The number of hydrogen-bond acceptors (Lipinski definition) is 2. The van der Waals surface area contributed by atoms with Crippen molar-refractivity contribution in [2.24, 2.45) is 5.92 Å². The first-order valence-electron chi connectivity index (χ1n) is 6.40. The van der Waals surface area contributed by atoms with Crippen LogP contribution in [0.4, 0.5) is 0 Å². The highest BCUT2D eigenvalue weighted by Crippen LogP contribution is 2.36. The van der Waals surface area contributed by atoms with E-state index < -0.39 is 0 Å². The summed E-state index contributed by atoms with van der Waals surface area (Å²) >= 11 is 2.45. The first-order valence-corrected chi connectivity index (χ1v) is 7.93. The van der Waals surface area contributed by atoms with Gasteiger partial charge in [0.05, 0.1) is 18.3 Å². The lowest BCUT2D eigenvalue weighted by molar-refractivity contribution is -0.0608. The van der Waals surface area contributed by atoms with Crippen LogP contribution in [-0.4, -0.2) is 29.3 Å². The van der Waals surface area contributed by atoms with E-state index in [1.807, 2.05) is 0 Å². The molecule has 2 atom stereocenters. The molecule has 0 radical (unpaired) electrons. The van der Waals surface area contributed by atoms with Crippen LogP contribution in [0.5, 0.6) is 0 Å². The van der Waals surface area contributed by atoms with Gasteiger partial charge in [-0.1, -0.05) is 35.9 Å². The molecule has 16 heavy (non-hydrogen) atoms. The maximum absolute atomic E-state index is 6.07. The van der Waals surface area contributed by atoms with Gasteiger partial charge in [-0.3, -0.25) is 0 Å². The number of ether oxygens (including phenoxy) is 2. The van der Waals surface area contributed by atoms with Crippen molar-refractivity contribution < 1.29 is 9.47 Å². The molecule has 0 aliphatic carbocycles. The zero-order chi connectivity index (χ0) is 12.0. The highest BCUT2D eigenvalue weighted by atomic mass is 127. The van der Waals surface area contributed by atoms with Crippen molar-refractivity contribution in [1.82, 2.24) is 0 Å². The molecular weight excluding hydrogens is 315 g/mol. The highest BCUT2D eigenvalue weighted by molar-refractivity contribution is 14.1. The molecule has 3 heteroatoms. The van der Waals surface area contributed by atoms with Gasteiger partial charge in [-0.15, -0.1) is 0 Å². The molecule has 1 rings (SSSR count). The summed E-state index contributed by atoms with van der Waals surface area (Å²) in [5.41, 5.74) is 0.0509. The number of halogens is 1. The molecular formula is C13H25IO2. The van der Waals surface area contributed by atoms with E-state index in [0.29, 0.717) is 12.0 Å². The molecule has 0 amide bonds. The Balaban J connectivity index is 2.31. The summed E-state index contributed by atoms with van der Waals surface area (Å²) < 4.78 is 13.0. The van der Waals surface area contributed by atoms with Gasteiger partial charge < -0.3 is 9.47 Å². The highest BCUT2D eigenvalue weighted by Gasteiger charge is 2.39. The molecule has 0 spiro atoms. The summed E-state index contributed by atoms with van der Waals surface area (Å²) in [6.07, 6.45) is 5.12. The number of rotatable bonds is 7. The SMILES string of the molecule is CCCCOCC1OC(C)(C)C[C@H]1CCI. The Morgan fingerprint density at radius 2 is 2.19 bits per heavy atom. The predicted octanol–water partition coefficient (Wildman–Crippen LogP) is 3.81. The molecule has 1 saturated heterocycles. The van der Waals surface area contributed by atoms with E-state index in [0.717, 1.165) is 19.6 Å². The second kappa shape index (κ2) is 7.17. The molecule has 0 bridgehead atoms. The fraction of sp³-hybridized carbons (Fsp3) is 1.00. The average Bonchev–Trinajstić information content (AvgIpc) is 2.49. The van der Waals surface area contributed by atoms with Crippen LogP contribution in [0.3, 0.4) is 0 Å². The summed E-state index contributed by atoms with van der Waals surface area (Å²) in [7, 11) is 0. The Hall–Kier alpha value is 0.650. The van der Waals surface area contributed by atoms with Crippen LogP contribution in [-0.2, 0) is 9.47 Å². The summed E-state index contributed by atoms with van der Waals surface area (Å²) in [6, 6.07) is 0. The Morgan fingerprint density at radius 1 is 1.44 bits per heavy atom. The molecule has 1 fully saturated rings. The largest absolute Gasteiger partial charge is 0.379 e. The number of unbranched alkanes of at least 4 members (excludes halogenated alkanes) is 1. The average molecular weight is 340 g/mol. The standard InChI is InChI=1S/C13H25IO2/c1-4-5-8-15-10-12-11(6-7-14)9-13(2,3)16-12/h11-12H,4-10H2,1-3H3/t11-,12?/m1/s1. The number of alkyl halides is 1. The zero-order valence-electron chi connectivity index (χ0n) is 10.8. The van der Waals surface area contributed by atoms with Gasteiger partial charge in [0, 0.05) is 6.61 Å². The van der Waals surface area contributed by atoms with Crippen LogP contribution in [0, 0.1) is 5.92 Å². The topological polar surface area (TPSA) is 18.5 Å². The second-order valence-corrected chi connectivity index (χ2v) is 6.37. The van der Waals surface area contributed by atoms with Crippen LogP contribution in [0.1, 0.15) is 46.5 Å².